The third-order valence-corrected chi connectivity index (χ3v) is 2.57. The first-order valence-corrected chi connectivity index (χ1v) is 5.52. The SMILES string of the molecule is Cl.O=C(NCCOc1ccccc1)C1CNC1. The lowest BCUT2D eigenvalue weighted by Gasteiger charge is -2.25. The molecule has 2 N–H and O–H groups in total. The Morgan fingerprint density at radius 1 is 1.35 bits per heavy atom. The van der Waals surface area contributed by atoms with Gasteiger partial charge in [-0.15, -0.1) is 12.4 Å². The van der Waals surface area contributed by atoms with Gasteiger partial charge in [-0.2, -0.15) is 0 Å². The summed E-state index contributed by atoms with van der Waals surface area (Å²) in [5.41, 5.74) is 0. The monoisotopic (exact) mass is 256 g/mol. The van der Waals surface area contributed by atoms with Crippen LogP contribution in [0.1, 0.15) is 0 Å². The molecule has 0 atom stereocenters. The summed E-state index contributed by atoms with van der Waals surface area (Å²) in [4.78, 5) is 11.4. The molecule has 1 aromatic carbocycles. The van der Waals surface area contributed by atoms with E-state index in [0.29, 0.717) is 13.2 Å². The molecule has 0 unspecified atom stereocenters. The van der Waals surface area contributed by atoms with Crippen molar-refractivity contribution in [2.75, 3.05) is 26.2 Å². The maximum Gasteiger partial charge on any atom is 0.225 e. The third-order valence-electron chi connectivity index (χ3n) is 2.57. The van der Waals surface area contributed by atoms with E-state index in [4.69, 9.17) is 4.74 Å². The highest BCUT2D eigenvalue weighted by Crippen LogP contribution is 2.07. The molecule has 1 amide bonds. The van der Waals surface area contributed by atoms with E-state index in [1.807, 2.05) is 30.3 Å². The van der Waals surface area contributed by atoms with Gasteiger partial charge in [0.25, 0.3) is 0 Å². The quantitative estimate of drug-likeness (QED) is 0.767. The summed E-state index contributed by atoms with van der Waals surface area (Å²) in [5.74, 6) is 1.11. The van der Waals surface area contributed by atoms with E-state index in [1.54, 1.807) is 0 Å². The predicted octanol–water partition coefficient (Wildman–Crippen LogP) is 0.823. The van der Waals surface area contributed by atoms with Crippen LogP contribution in [0.2, 0.25) is 0 Å². The van der Waals surface area contributed by atoms with Crippen molar-refractivity contribution < 1.29 is 9.53 Å². The first-order valence-electron chi connectivity index (χ1n) is 5.52. The van der Waals surface area contributed by atoms with Crippen molar-refractivity contribution in [3.8, 4) is 5.75 Å². The fraction of sp³-hybridized carbons (Fsp3) is 0.417. The van der Waals surface area contributed by atoms with Crippen LogP contribution in [0.3, 0.4) is 0 Å². The van der Waals surface area contributed by atoms with Crippen molar-refractivity contribution in [2.24, 2.45) is 5.92 Å². The first-order chi connectivity index (χ1) is 7.86. The van der Waals surface area contributed by atoms with Crippen molar-refractivity contribution >= 4 is 18.3 Å². The van der Waals surface area contributed by atoms with Crippen LogP contribution in [0, 0.1) is 5.92 Å². The van der Waals surface area contributed by atoms with Crippen molar-refractivity contribution in [1.82, 2.24) is 10.6 Å². The van der Waals surface area contributed by atoms with E-state index < -0.39 is 0 Å². The molecule has 0 saturated carbocycles. The Morgan fingerprint density at radius 2 is 2.06 bits per heavy atom. The minimum absolute atomic E-state index is 0. The molecule has 1 aromatic rings. The fourth-order valence-corrected chi connectivity index (χ4v) is 1.48. The van der Waals surface area contributed by atoms with Gasteiger partial charge in [0.1, 0.15) is 12.4 Å². The Morgan fingerprint density at radius 3 is 2.65 bits per heavy atom. The summed E-state index contributed by atoms with van der Waals surface area (Å²) in [7, 11) is 0. The molecule has 1 aliphatic heterocycles. The van der Waals surface area contributed by atoms with E-state index in [0.717, 1.165) is 18.8 Å². The van der Waals surface area contributed by atoms with E-state index in [1.165, 1.54) is 0 Å². The van der Waals surface area contributed by atoms with Gasteiger partial charge in [0.2, 0.25) is 5.91 Å². The van der Waals surface area contributed by atoms with Crippen LogP contribution < -0.4 is 15.4 Å². The van der Waals surface area contributed by atoms with E-state index in [-0.39, 0.29) is 24.2 Å². The summed E-state index contributed by atoms with van der Waals surface area (Å²) in [6.07, 6.45) is 0. The number of ether oxygens (including phenoxy) is 1. The number of halogens is 1. The average molecular weight is 257 g/mol. The number of carbonyl (C=O) groups is 1. The lowest BCUT2D eigenvalue weighted by molar-refractivity contribution is -0.126. The minimum Gasteiger partial charge on any atom is -0.492 e. The van der Waals surface area contributed by atoms with Crippen molar-refractivity contribution in [1.29, 1.82) is 0 Å². The lowest BCUT2D eigenvalue weighted by Crippen LogP contribution is -2.51. The summed E-state index contributed by atoms with van der Waals surface area (Å²) in [5, 5.41) is 5.92. The van der Waals surface area contributed by atoms with Gasteiger partial charge in [0.15, 0.2) is 0 Å². The molecule has 0 radical (unpaired) electrons. The number of nitrogens with one attached hydrogen (secondary N) is 2. The van der Waals surface area contributed by atoms with Gasteiger partial charge in [0, 0.05) is 13.1 Å². The molecule has 0 aromatic heterocycles. The van der Waals surface area contributed by atoms with Crippen LogP contribution in [0.15, 0.2) is 30.3 Å². The van der Waals surface area contributed by atoms with Crippen molar-refractivity contribution in [3.63, 3.8) is 0 Å². The Balaban J connectivity index is 0.00000144. The third kappa shape index (κ3) is 4.24. The first kappa shape index (κ1) is 13.8. The van der Waals surface area contributed by atoms with Crippen LogP contribution >= 0.6 is 12.4 Å². The normalized spacial score (nSPS) is 14.4. The molecule has 1 saturated heterocycles. The second kappa shape index (κ2) is 7.14. The molecule has 4 nitrogen and oxygen atoms in total. The number of rotatable bonds is 5. The Hall–Kier alpha value is -1.26. The maximum absolute atomic E-state index is 11.4. The standard InChI is InChI=1S/C12H16N2O2.ClH/c15-12(10-8-13-9-10)14-6-7-16-11-4-2-1-3-5-11;/h1-5,10,13H,6-9H2,(H,14,15);1H. The largest absolute Gasteiger partial charge is 0.492 e. The molecule has 5 heteroatoms. The molecule has 0 spiro atoms. The molecule has 94 valence electrons. The highest BCUT2D eigenvalue weighted by atomic mass is 35.5. The van der Waals surface area contributed by atoms with Gasteiger partial charge in [-0.3, -0.25) is 4.79 Å². The predicted molar refractivity (Wildman–Crippen MR) is 68.6 cm³/mol. The highest BCUT2D eigenvalue weighted by molar-refractivity contribution is 5.85. The van der Waals surface area contributed by atoms with E-state index in [9.17, 15) is 4.79 Å². The van der Waals surface area contributed by atoms with Crippen LogP contribution in [-0.4, -0.2) is 32.1 Å². The molecule has 1 heterocycles. The topological polar surface area (TPSA) is 50.4 Å². The van der Waals surface area contributed by atoms with E-state index in [2.05, 4.69) is 10.6 Å². The average Bonchev–Trinajstić information content (AvgIpc) is 2.23. The lowest BCUT2D eigenvalue weighted by atomic mass is 10.0. The highest BCUT2D eigenvalue weighted by Gasteiger charge is 2.23. The van der Waals surface area contributed by atoms with Gasteiger partial charge in [-0.25, -0.2) is 0 Å². The summed E-state index contributed by atoms with van der Waals surface area (Å²) < 4.78 is 5.46. The second-order valence-corrected chi connectivity index (χ2v) is 3.81. The molecular formula is C12H17ClN2O2. The smallest absolute Gasteiger partial charge is 0.225 e. The Bertz CT molecular complexity index is 342. The number of hydrogen-bond donors (Lipinski definition) is 2. The van der Waals surface area contributed by atoms with Crippen LogP contribution in [0.4, 0.5) is 0 Å². The summed E-state index contributed by atoms with van der Waals surface area (Å²) >= 11 is 0. The van der Waals surface area contributed by atoms with Gasteiger partial charge >= 0.3 is 0 Å². The number of amides is 1. The van der Waals surface area contributed by atoms with Gasteiger partial charge in [-0.1, -0.05) is 18.2 Å². The Kier molecular flexibility index (Phi) is 5.80. The zero-order valence-electron chi connectivity index (χ0n) is 9.52. The van der Waals surface area contributed by atoms with Crippen LogP contribution in [0.25, 0.3) is 0 Å². The van der Waals surface area contributed by atoms with Gasteiger partial charge in [-0.05, 0) is 12.1 Å². The molecule has 0 bridgehead atoms. The molecule has 1 aliphatic rings. The zero-order valence-corrected chi connectivity index (χ0v) is 10.3. The molecule has 17 heavy (non-hydrogen) atoms. The van der Waals surface area contributed by atoms with Gasteiger partial charge < -0.3 is 15.4 Å². The van der Waals surface area contributed by atoms with Crippen molar-refractivity contribution in [2.45, 2.75) is 0 Å². The molecular weight excluding hydrogens is 240 g/mol. The number of carbonyl (C=O) groups excluding carboxylic acids is 1. The Labute approximate surface area is 107 Å². The molecule has 2 rings (SSSR count). The van der Waals surface area contributed by atoms with Crippen LogP contribution in [0.5, 0.6) is 5.75 Å². The van der Waals surface area contributed by atoms with E-state index >= 15 is 0 Å². The fourth-order valence-electron chi connectivity index (χ4n) is 1.48. The summed E-state index contributed by atoms with van der Waals surface area (Å²) in [6, 6.07) is 9.59. The minimum atomic E-state index is 0. The summed E-state index contributed by atoms with van der Waals surface area (Å²) in [6.45, 7) is 2.66. The maximum atomic E-state index is 11.4. The van der Waals surface area contributed by atoms with Crippen molar-refractivity contribution in [3.05, 3.63) is 30.3 Å². The number of benzene rings is 1. The number of hydrogen-bond acceptors (Lipinski definition) is 3. The van der Waals surface area contributed by atoms with Crippen LogP contribution in [-0.2, 0) is 4.79 Å². The zero-order chi connectivity index (χ0) is 11.2. The number of para-hydroxylation sites is 1. The van der Waals surface area contributed by atoms with Gasteiger partial charge in [0.05, 0.1) is 12.5 Å². The second-order valence-electron chi connectivity index (χ2n) is 3.81. The molecule has 0 aliphatic carbocycles. The molecule has 1 fully saturated rings.